The van der Waals surface area contributed by atoms with E-state index in [9.17, 15) is 14.0 Å². The van der Waals surface area contributed by atoms with E-state index in [0.29, 0.717) is 49.2 Å². The first-order valence-electron chi connectivity index (χ1n) is 20.0. The van der Waals surface area contributed by atoms with Crippen LogP contribution < -0.4 is 28.7 Å². The van der Waals surface area contributed by atoms with Crippen molar-refractivity contribution in [3.63, 3.8) is 0 Å². The maximum absolute atomic E-state index is 13.1. The summed E-state index contributed by atoms with van der Waals surface area (Å²) in [7, 11) is 0. The van der Waals surface area contributed by atoms with Gasteiger partial charge in [-0.15, -0.1) is 0 Å². The SMILES string of the molecule is O=C1OC(CN2CCC(c3ccc4c(c3)OCO4)CC2)CN1c1ccc(Cl)cc1.O=C1OC(CN2CCC(c3ccc4c(c3)OCO4)CC2)CN1c1ccc(F)cc1. The predicted molar refractivity (Wildman–Crippen MR) is 215 cm³/mol. The minimum Gasteiger partial charge on any atom is -0.454 e. The van der Waals surface area contributed by atoms with Crippen LogP contribution in [0.25, 0.3) is 0 Å². The zero-order valence-corrected chi connectivity index (χ0v) is 32.9. The predicted octanol–water partition coefficient (Wildman–Crippen LogP) is 8.03. The molecule has 0 aromatic heterocycles. The Hall–Kier alpha value is -5.24. The van der Waals surface area contributed by atoms with Gasteiger partial charge in [-0.1, -0.05) is 23.7 Å². The number of halogens is 2. The lowest BCUT2D eigenvalue weighted by Crippen LogP contribution is -2.39. The molecule has 0 aliphatic carbocycles. The van der Waals surface area contributed by atoms with Crippen molar-refractivity contribution in [1.29, 1.82) is 0 Å². The van der Waals surface area contributed by atoms with E-state index in [4.69, 9.17) is 40.0 Å². The second kappa shape index (κ2) is 16.9. The second-order valence-electron chi connectivity index (χ2n) is 15.6. The van der Waals surface area contributed by atoms with Gasteiger partial charge in [0.25, 0.3) is 0 Å². The van der Waals surface area contributed by atoms with Crippen LogP contribution in [0.4, 0.5) is 25.4 Å². The number of amides is 2. The Morgan fingerprint density at radius 2 is 0.966 bits per heavy atom. The number of hydrogen-bond acceptors (Lipinski definition) is 10. The van der Waals surface area contributed by atoms with Crippen molar-refractivity contribution in [2.45, 2.75) is 49.7 Å². The van der Waals surface area contributed by atoms with Crippen LogP contribution in [-0.2, 0) is 9.47 Å². The Morgan fingerprint density at radius 3 is 1.41 bits per heavy atom. The highest BCUT2D eigenvalue weighted by molar-refractivity contribution is 6.30. The van der Waals surface area contributed by atoms with Crippen molar-refractivity contribution < 1.29 is 42.4 Å². The Morgan fingerprint density at radius 1 is 0.552 bits per heavy atom. The van der Waals surface area contributed by atoms with Crippen LogP contribution in [0.2, 0.25) is 5.02 Å². The molecular formula is C44H46ClFN4O8. The number of cyclic esters (lactones) is 2. The van der Waals surface area contributed by atoms with Gasteiger partial charge in [-0.2, -0.15) is 0 Å². The fourth-order valence-electron chi connectivity index (χ4n) is 8.70. The van der Waals surface area contributed by atoms with Crippen LogP contribution in [0, 0.1) is 5.82 Å². The van der Waals surface area contributed by atoms with Crippen LogP contribution in [0.1, 0.15) is 48.6 Å². The van der Waals surface area contributed by atoms with E-state index in [0.717, 1.165) is 93.6 Å². The first kappa shape index (κ1) is 38.3. The molecule has 0 saturated carbocycles. The first-order valence-corrected chi connectivity index (χ1v) is 20.4. The van der Waals surface area contributed by atoms with Crippen molar-refractivity contribution in [2.24, 2.45) is 0 Å². The molecule has 0 radical (unpaired) electrons. The molecule has 14 heteroatoms. The average Bonchev–Trinajstić information content (AvgIpc) is 4.06. The summed E-state index contributed by atoms with van der Waals surface area (Å²) in [5.41, 5.74) is 4.10. The van der Waals surface area contributed by atoms with E-state index in [2.05, 4.69) is 34.1 Å². The summed E-state index contributed by atoms with van der Waals surface area (Å²) < 4.78 is 46.1. The molecule has 0 spiro atoms. The fraction of sp³-hybridized carbons (Fsp3) is 0.409. The normalized spacial score (nSPS) is 22.2. The molecule has 4 aromatic rings. The van der Waals surface area contributed by atoms with Crippen molar-refractivity contribution in [1.82, 2.24) is 9.80 Å². The number of hydrogen-bond donors (Lipinski definition) is 0. The number of rotatable bonds is 8. The first-order chi connectivity index (χ1) is 28.3. The summed E-state index contributed by atoms with van der Waals surface area (Å²) in [4.78, 5) is 32.5. The van der Waals surface area contributed by atoms with Crippen LogP contribution in [0.3, 0.4) is 0 Å². The minimum absolute atomic E-state index is 0.111. The van der Waals surface area contributed by atoms with Crippen molar-refractivity contribution >= 4 is 35.2 Å². The van der Waals surface area contributed by atoms with Crippen molar-refractivity contribution in [3.05, 3.63) is 107 Å². The molecule has 2 unspecified atom stereocenters. The highest BCUT2D eigenvalue weighted by Gasteiger charge is 2.36. The summed E-state index contributed by atoms with van der Waals surface area (Å²) in [6.07, 6.45) is 3.35. The summed E-state index contributed by atoms with van der Waals surface area (Å²) in [5.74, 6) is 4.05. The van der Waals surface area contributed by atoms with Crippen molar-refractivity contribution in [2.75, 3.05) is 75.7 Å². The third-order valence-electron chi connectivity index (χ3n) is 11.9. The molecule has 0 N–H and O–H groups in total. The fourth-order valence-corrected chi connectivity index (χ4v) is 8.83. The Labute approximate surface area is 341 Å². The molecule has 6 heterocycles. The summed E-state index contributed by atoms with van der Waals surface area (Å²) in [6, 6.07) is 25.7. The molecule has 304 valence electrons. The number of carbonyl (C=O) groups excluding carboxylic acids is 2. The van der Waals surface area contributed by atoms with Gasteiger partial charge in [-0.25, -0.2) is 14.0 Å². The Balaban J connectivity index is 0.000000150. The molecule has 2 amide bonds. The van der Waals surface area contributed by atoms with Gasteiger partial charge >= 0.3 is 12.2 Å². The topological polar surface area (TPSA) is 102 Å². The van der Waals surface area contributed by atoms with Gasteiger partial charge in [0.2, 0.25) is 13.6 Å². The van der Waals surface area contributed by atoms with Gasteiger partial charge in [-0.05, 0) is 148 Å². The average molecular weight is 813 g/mol. The second-order valence-corrected chi connectivity index (χ2v) is 16.0. The number of carbonyl (C=O) groups is 2. The lowest BCUT2D eigenvalue weighted by molar-refractivity contribution is 0.0971. The number of ether oxygens (including phenoxy) is 6. The van der Waals surface area contributed by atoms with Crippen LogP contribution >= 0.6 is 11.6 Å². The van der Waals surface area contributed by atoms with Gasteiger partial charge in [-0.3, -0.25) is 19.6 Å². The highest BCUT2D eigenvalue weighted by atomic mass is 35.5. The molecule has 12 nitrogen and oxygen atoms in total. The van der Waals surface area contributed by atoms with E-state index in [1.807, 2.05) is 24.3 Å². The number of anilines is 2. The monoisotopic (exact) mass is 812 g/mol. The summed E-state index contributed by atoms with van der Waals surface area (Å²) >= 11 is 5.94. The number of benzene rings is 4. The quantitative estimate of drug-likeness (QED) is 0.174. The van der Waals surface area contributed by atoms with E-state index < -0.39 is 0 Å². The Kier molecular flexibility index (Phi) is 11.2. The smallest absolute Gasteiger partial charge is 0.414 e. The van der Waals surface area contributed by atoms with Gasteiger partial charge < -0.3 is 28.4 Å². The molecule has 6 aliphatic rings. The molecule has 4 aromatic carbocycles. The van der Waals surface area contributed by atoms with E-state index in [1.165, 1.54) is 23.3 Å². The Bertz CT molecular complexity index is 1940. The van der Waals surface area contributed by atoms with Gasteiger partial charge in [0.1, 0.15) is 18.0 Å². The van der Waals surface area contributed by atoms with E-state index in [-0.39, 0.29) is 30.2 Å². The van der Waals surface area contributed by atoms with Crippen LogP contribution in [0.5, 0.6) is 23.0 Å². The lowest BCUT2D eigenvalue weighted by Gasteiger charge is -2.33. The largest absolute Gasteiger partial charge is 0.454 e. The molecule has 58 heavy (non-hydrogen) atoms. The number of likely N-dealkylation sites (tertiary alicyclic amines) is 2. The van der Waals surface area contributed by atoms with Gasteiger partial charge in [0, 0.05) is 29.5 Å². The highest BCUT2D eigenvalue weighted by Crippen LogP contribution is 2.39. The molecule has 4 fully saturated rings. The van der Waals surface area contributed by atoms with Crippen LogP contribution in [0.15, 0.2) is 84.9 Å². The number of nitrogens with zero attached hydrogens (tertiary/aromatic N) is 4. The molecule has 0 bridgehead atoms. The number of piperidine rings is 2. The maximum Gasteiger partial charge on any atom is 0.414 e. The molecule has 2 atom stereocenters. The summed E-state index contributed by atoms with van der Waals surface area (Å²) in [5, 5.41) is 0.656. The lowest BCUT2D eigenvalue weighted by atomic mass is 9.89. The van der Waals surface area contributed by atoms with Gasteiger partial charge in [0.15, 0.2) is 23.0 Å². The van der Waals surface area contributed by atoms with Crippen LogP contribution in [-0.4, -0.2) is 100 Å². The molecule has 10 rings (SSSR count). The van der Waals surface area contributed by atoms with Gasteiger partial charge in [0.05, 0.1) is 13.1 Å². The number of fused-ring (bicyclic) bond motifs is 2. The zero-order chi connectivity index (χ0) is 39.6. The molecule has 4 saturated heterocycles. The van der Waals surface area contributed by atoms with Crippen molar-refractivity contribution in [3.8, 4) is 23.0 Å². The standard InChI is InChI=1S/C22H23ClN2O4.C22H23FN2O4/c2*23-17-2-4-18(5-3-17)25-13-19(29-22(25)26)12-24-9-7-15(8-10-24)16-1-6-20-21(11-16)28-14-27-20/h2*1-6,11,15,19H,7-10,12-14H2. The summed E-state index contributed by atoms with van der Waals surface area (Å²) in [6.45, 7) is 7.07. The molecule has 6 aliphatic heterocycles. The third kappa shape index (κ3) is 8.62. The third-order valence-corrected chi connectivity index (χ3v) is 12.1. The molecular weight excluding hydrogens is 767 g/mol. The maximum atomic E-state index is 13.1. The zero-order valence-electron chi connectivity index (χ0n) is 32.1. The minimum atomic E-state index is -0.364. The van der Waals surface area contributed by atoms with E-state index in [1.54, 1.807) is 34.1 Å². The van der Waals surface area contributed by atoms with E-state index >= 15 is 0 Å².